The molecule has 0 fully saturated rings. The van der Waals surface area contributed by atoms with E-state index in [0.717, 1.165) is 68.0 Å². The maximum Gasteiger partial charge on any atom is 0.205 e. The number of nitrogens with zero attached hydrogens (tertiary/aromatic N) is 7. The highest BCUT2D eigenvalue weighted by molar-refractivity contribution is 5.87. The fourth-order valence-corrected chi connectivity index (χ4v) is 4.72. The summed E-state index contributed by atoms with van der Waals surface area (Å²) in [6.07, 6.45) is 0.830. The third-order valence-corrected chi connectivity index (χ3v) is 6.34. The minimum absolute atomic E-state index is 0.546. The van der Waals surface area contributed by atoms with Gasteiger partial charge < -0.3 is 4.57 Å². The topological polar surface area (TPSA) is 98.1 Å². The van der Waals surface area contributed by atoms with Gasteiger partial charge in [-0.05, 0) is 42.3 Å². The number of tetrazole rings is 1. The first-order chi connectivity index (χ1) is 17.1. The zero-order valence-electron chi connectivity index (χ0n) is 19.8. The first kappa shape index (κ1) is 21.1. The Bertz CT molecular complexity index is 1680. The molecule has 2 aromatic carbocycles. The third-order valence-electron chi connectivity index (χ3n) is 6.34. The van der Waals surface area contributed by atoms with E-state index >= 15 is 0 Å². The van der Waals surface area contributed by atoms with Gasteiger partial charge in [-0.15, -0.1) is 10.2 Å². The van der Waals surface area contributed by atoms with E-state index in [1.165, 1.54) is 0 Å². The van der Waals surface area contributed by atoms with Crippen molar-refractivity contribution in [2.75, 3.05) is 0 Å². The van der Waals surface area contributed by atoms with Crippen LogP contribution in [0.25, 0.3) is 44.7 Å². The van der Waals surface area contributed by atoms with Gasteiger partial charge in [0.05, 0.1) is 17.8 Å². The normalized spacial score (nSPS) is 11.5. The van der Waals surface area contributed by atoms with Crippen LogP contribution >= 0.6 is 0 Å². The van der Waals surface area contributed by atoms with Crippen LogP contribution in [0.3, 0.4) is 0 Å². The van der Waals surface area contributed by atoms with Gasteiger partial charge in [-0.1, -0.05) is 55.5 Å². The molecule has 4 heterocycles. The van der Waals surface area contributed by atoms with Gasteiger partial charge >= 0.3 is 0 Å². The predicted octanol–water partition coefficient (Wildman–Crippen LogP) is 5.05. The second-order valence-electron chi connectivity index (χ2n) is 8.69. The van der Waals surface area contributed by atoms with Gasteiger partial charge in [0.15, 0.2) is 5.65 Å². The standard InChI is InChI=1S/C27H24N8/c1-4-23-30-24-16(2)14-17(3)28-27(24)35(23)15-19-9-7-8-18-12-13-22(29-25(18)19)20-10-5-6-11-21(20)26-31-33-34-32-26/h5-14H,4,15H2,1-3H3,(H,31,32,33,34). The molecule has 0 amide bonds. The molecule has 1 N–H and O–H groups in total. The lowest BCUT2D eigenvalue weighted by Gasteiger charge is -2.12. The van der Waals surface area contributed by atoms with E-state index in [1.54, 1.807) is 0 Å². The largest absolute Gasteiger partial charge is 0.308 e. The summed E-state index contributed by atoms with van der Waals surface area (Å²) in [4.78, 5) is 14.9. The summed E-state index contributed by atoms with van der Waals surface area (Å²) in [6.45, 7) is 6.91. The molecule has 4 aromatic heterocycles. The summed E-state index contributed by atoms with van der Waals surface area (Å²) >= 11 is 0. The van der Waals surface area contributed by atoms with Crippen molar-refractivity contribution in [3.05, 3.63) is 83.3 Å². The van der Waals surface area contributed by atoms with Crippen molar-refractivity contribution in [3.8, 4) is 22.6 Å². The van der Waals surface area contributed by atoms with Gasteiger partial charge in [0.25, 0.3) is 0 Å². The summed E-state index contributed by atoms with van der Waals surface area (Å²) in [6, 6.07) is 20.6. The molecular formula is C27H24N8. The van der Waals surface area contributed by atoms with E-state index in [4.69, 9.17) is 15.0 Å². The minimum Gasteiger partial charge on any atom is -0.308 e. The summed E-state index contributed by atoms with van der Waals surface area (Å²) in [5.74, 6) is 1.57. The highest BCUT2D eigenvalue weighted by atomic mass is 15.5. The molecule has 0 aliphatic carbocycles. The number of hydrogen-bond donors (Lipinski definition) is 1. The van der Waals surface area contributed by atoms with Gasteiger partial charge in [0, 0.05) is 28.6 Å². The predicted molar refractivity (Wildman–Crippen MR) is 136 cm³/mol. The average Bonchev–Trinajstić information content (AvgIpc) is 3.53. The van der Waals surface area contributed by atoms with E-state index in [9.17, 15) is 0 Å². The quantitative estimate of drug-likeness (QED) is 0.386. The van der Waals surface area contributed by atoms with Gasteiger partial charge in [0.1, 0.15) is 11.3 Å². The van der Waals surface area contributed by atoms with Crippen LogP contribution in [-0.4, -0.2) is 40.1 Å². The van der Waals surface area contributed by atoms with E-state index < -0.39 is 0 Å². The zero-order chi connectivity index (χ0) is 23.9. The number of benzene rings is 2. The highest BCUT2D eigenvalue weighted by Crippen LogP contribution is 2.31. The molecule has 0 aliphatic heterocycles. The van der Waals surface area contributed by atoms with Crippen molar-refractivity contribution in [1.29, 1.82) is 0 Å². The monoisotopic (exact) mass is 460 g/mol. The third kappa shape index (κ3) is 3.63. The number of nitrogens with one attached hydrogen (secondary N) is 1. The Hall–Kier alpha value is -4.46. The molecule has 0 atom stereocenters. The first-order valence-corrected chi connectivity index (χ1v) is 11.7. The summed E-state index contributed by atoms with van der Waals surface area (Å²) in [7, 11) is 0. The molecule has 0 unspecified atom stereocenters. The van der Waals surface area contributed by atoms with Crippen LogP contribution in [0.4, 0.5) is 0 Å². The van der Waals surface area contributed by atoms with Crippen LogP contribution in [0, 0.1) is 13.8 Å². The molecule has 6 rings (SSSR count). The number of para-hydroxylation sites is 1. The average molecular weight is 461 g/mol. The molecule has 0 spiro atoms. The smallest absolute Gasteiger partial charge is 0.205 e. The SMILES string of the molecule is CCc1nc2c(C)cc(C)nc2n1Cc1cccc2ccc(-c3ccccc3-c3nn[nH]n3)nc12. The molecule has 35 heavy (non-hydrogen) atoms. The number of fused-ring (bicyclic) bond motifs is 2. The summed E-state index contributed by atoms with van der Waals surface area (Å²) in [5, 5.41) is 15.7. The Morgan fingerprint density at radius 3 is 2.51 bits per heavy atom. The first-order valence-electron chi connectivity index (χ1n) is 11.7. The van der Waals surface area contributed by atoms with Crippen molar-refractivity contribution < 1.29 is 0 Å². The lowest BCUT2D eigenvalue weighted by Crippen LogP contribution is -2.07. The van der Waals surface area contributed by atoms with Crippen LogP contribution in [-0.2, 0) is 13.0 Å². The molecule has 6 aromatic rings. The van der Waals surface area contributed by atoms with Crippen LogP contribution in [0.15, 0.2) is 60.7 Å². The lowest BCUT2D eigenvalue weighted by molar-refractivity contribution is 0.748. The van der Waals surface area contributed by atoms with Gasteiger partial charge in [-0.2, -0.15) is 5.21 Å². The second kappa shape index (κ2) is 8.39. The molecule has 8 nitrogen and oxygen atoms in total. The maximum atomic E-state index is 5.13. The molecule has 0 aliphatic rings. The van der Waals surface area contributed by atoms with Gasteiger partial charge in [-0.25, -0.2) is 15.0 Å². The molecule has 0 saturated heterocycles. The number of imidazole rings is 1. The van der Waals surface area contributed by atoms with E-state index in [-0.39, 0.29) is 0 Å². The Kier molecular flexibility index (Phi) is 5.06. The van der Waals surface area contributed by atoms with Crippen LogP contribution in [0.2, 0.25) is 0 Å². The van der Waals surface area contributed by atoms with E-state index in [2.05, 4.69) is 69.4 Å². The number of rotatable bonds is 5. The Labute approximate surface area is 202 Å². The van der Waals surface area contributed by atoms with E-state index in [1.807, 2.05) is 37.3 Å². The fourth-order valence-electron chi connectivity index (χ4n) is 4.72. The molecule has 172 valence electrons. The van der Waals surface area contributed by atoms with E-state index in [0.29, 0.717) is 12.4 Å². The number of aromatic nitrogens is 8. The fraction of sp³-hybridized carbons (Fsp3) is 0.185. The van der Waals surface area contributed by atoms with Crippen molar-refractivity contribution in [1.82, 2.24) is 40.1 Å². The Morgan fingerprint density at radius 1 is 0.857 bits per heavy atom. The molecule has 0 radical (unpaired) electrons. The molecule has 8 heteroatoms. The Morgan fingerprint density at radius 2 is 1.71 bits per heavy atom. The molecule has 0 saturated carbocycles. The van der Waals surface area contributed by atoms with Crippen molar-refractivity contribution in [2.24, 2.45) is 0 Å². The number of hydrogen-bond acceptors (Lipinski definition) is 6. The van der Waals surface area contributed by atoms with Crippen LogP contribution in [0.5, 0.6) is 0 Å². The highest BCUT2D eigenvalue weighted by Gasteiger charge is 2.16. The maximum absolute atomic E-state index is 5.13. The number of H-pyrrole nitrogens is 1. The van der Waals surface area contributed by atoms with Gasteiger partial charge in [0.2, 0.25) is 5.82 Å². The zero-order valence-corrected chi connectivity index (χ0v) is 19.8. The number of pyridine rings is 2. The second-order valence-corrected chi connectivity index (χ2v) is 8.69. The summed E-state index contributed by atoms with van der Waals surface area (Å²) in [5.41, 5.74) is 8.83. The van der Waals surface area contributed by atoms with Crippen molar-refractivity contribution >= 4 is 22.1 Å². The van der Waals surface area contributed by atoms with Gasteiger partial charge in [-0.3, -0.25) is 0 Å². The lowest BCUT2D eigenvalue weighted by atomic mass is 10.0. The molecular weight excluding hydrogens is 436 g/mol. The van der Waals surface area contributed by atoms with Crippen molar-refractivity contribution in [2.45, 2.75) is 33.7 Å². The molecule has 0 bridgehead atoms. The summed E-state index contributed by atoms with van der Waals surface area (Å²) < 4.78 is 2.23. The minimum atomic E-state index is 0.546. The van der Waals surface area contributed by atoms with Crippen molar-refractivity contribution in [3.63, 3.8) is 0 Å². The van der Waals surface area contributed by atoms with Crippen LogP contribution in [0.1, 0.15) is 29.6 Å². The Balaban J connectivity index is 1.51. The number of aryl methyl sites for hydroxylation is 3. The van der Waals surface area contributed by atoms with Crippen LogP contribution < -0.4 is 0 Å². The number of aromatic amines is 1.